The minimum Gasteiger partial charge on any atom is -0.446 e. The summed E-state index contributed by atoms with van der Waals surface area (Å²) in [5, 5.41) is 13.2. The van der Waals surface area contributed by atoms with E-state index in [1.165, 1.54) is 6.42 Å². The fourth-order valence-corrected chi connectivity index (χ4v) is 4.30. The number of nitrogens with zero attached hydrogens (tertiary/aromatic N) is 2. The van der Waals surface area contributed by atoms with Crippen LogP contribution in [0, 0.1) is 18.3 Å². The van der Waals surface area contributed by atoms with Crippen molar-refractivity contribution < 1.29 is 9.21 Å². The Hall–Kier alpha value is -1.84. The number of furan rings is 1. The normalized spacial score (nSPS) is 20.4. The summed E-state index contributed by atoms with van der Waals surface area (Å²) in [5.74, 6) is 0.234. The van der Waals surface area contributed by atoms with Crippen LogP contribution in [0.4, 0.5) is 0 Å². The predicted octanol–water partition coefficient (Wildman–Crippen LogP) is 3.98. The highest BCUT2D eigenvalue weighted by atomic mass is 79.9. The molecule has 1 fully saturated rings. The highest BCUT2D eigenvalue weighted by Gasteiger charge is 2.31. The number of likely N-dealkylation sites (N-methyl/N-ethyl adjacent to an activating group) is 2. The van der Waals surface area contributed by atoms with Crippen molar-refractivity contribution in [1.82, 2.24) is 10.2 Å². The minimum atomic E-state index is -0.0119. The average Bonchev–Trinajstić information content (AvgIpc) is 3.07. The number of halogens is 1. The van der Waals surface area contributed by atoms with Crippen molar-refractivity contribution in [2.45, 2.75) is 44.7 Å². The van der Waals surface area contributed by atoms with Gasteiger partial charge in [0.05, 0.1) is 0 Å². The standard InChI is InChI=1S/C19H22BrN3O2/c1-11-13(9-17-14(18(11)20)8-12(10-21)25-17)19(24)23(3)16-7-5-4-6-15(16)22-2/h8-9,15-16,22H,4-7H2,1-3H3/t15-,16+/m0/s1. The molecule has 1 N–H and O–H groups in total. The van der Waals surface area contributed by atoms with Gasteiger partial charge in [-0.2, -0.15) is 5.26 Å². The lowest BCUT2D eigenvalue weighted by Crippen LogP contribution is -2.51. The zero-order valence-corrected chi connectivity index (χ0v) is 16.3. The van der Waals surface area contributed by atoms with Gasteiger partial charge in [-0.15, -0.1) is 0 Å². The van der Waals surface area contributed by atoms with Crippen LogP contribution in [0.3, 0.4) is 0 Å². The van der Waals surface area contributed by atoms with Gasteiger partial charge < -0.3 is 14.6 Å². The first-order valence-corrected chi connectivity index (χ1v) is 9.34. The predicted molar refractivity (Wildman–Crippen MR) is 101 cm³/mol. The second-order valence-electron chi connectivity index (χ2n) is 6.66. The molecule has 1 aromatic carbocycles. The van der Waals surface area contributed by atoms with Gasteiger partial charge in [-0.1, -0.05) is 12.8 Å². The lowest BCUT2D eigenvalue weighted by Gasteiger charge is -2.38. The van der Waals surface area contributed by atoms with Crippen LogP contribution in [0.2, 0.25) is 0 Å². The summed E-state index contributed by atoms with van der Waals surface area (Å²) >= 11 is 3.56. The van der Waals surface area contributed by atoms with Crippen LogP contribution in [0.15, 0.2) is 21.0 Å². The summed E-state index contributed by atoms with van der Waals surface area (Å²) in [6, 6.07) is 5.97. The Bertz CT molecular complexity index is 852. The number of benzene rings is 1. The third-order valence-electron chi connectivity index (χ3n) is 5.26. The Balaban J connectivity index is 1.98. The first-order chi connectivity index (χ1) is 12.0. The Kier molecular flexibility index (Phi) is 5.16. The monoisotopic (exact) mass is 403 g/mol. The lowest BCUT2D eigenvalue weighted by molar-refractivity contribution is 0.0654. The zero-order valence-electron chi connectivity index (χ0n) is 14.7. The van der Waals surface area contributed by atoms with Gasteiger partial charge in [-0.3, -0.25) is 4.79 Å². The van der Waals surface area contributed by atoms with E-state index in [1.54, 1.807) is 12.1 Å². The molecule has 1 saturated carbocycles. The fraction of sp³-hybridized carbons (Fsp3) is 0.474. The van der Waals surface area contributed by atoms with Crippen molar-refractivity contribution in [3.8, 4) is 6.07 Å². The van der Waals surface area contributed by atoms with Crippen molar-refractivity contribution in [3.05, 3.63) is 33.5 Å². The average molecular weight is 404 g/mol. The van der Waals surface area contributed by atoms with E-state index >= 15 is 0 Å². The Labute approximate surface area is 156 Å². The van der Waals surface area contributed by atoms with Gasteiger partial charge in [-0.05, 0) is 54.4 Å². The molecule has 1 amide bonds. The third kappa shape index (κ3) is 3.19. The Morgan fingerprint density at radius 2 is 2.12 bits per heavy atom. The molecule has 1 heterocycles. The topological polar surface area (TPSA) is 69.3 Å². The van der Waals surface area contributed by atoms with Crippen LogP contribution >= 0.6 is 15.9 Å². The molecule has 0 aliphatic heterocycles. The molecule has 132 valence electrons. The van der Waals surface area contributed by atoms with Crippen LogP contribution < -0.4 is 5.32 Å². The maximum absolute atomic E-state index is 13.2. The summed E-state index contributed by atoms with van der Waals surface area (Å²) in [4.78, 5) is 15.0. The van der Waals surface area contributed by atoms with Crippen molar-refractivity contribution in [2.24, 2.45) is 0 Å². The number of nitrogens with one attached hydrogen (secondary N) is 1. The minimum absolute atomic E-state index is 0.0119. The van der Waals surface area contributed by atoms with Crippen LogP contribution in [0.5, 0.6) is 0 Å². The van der Waals surface area contributed by atoms with E-state index in [4.69, 9.17) is 9.68 Å². The second-order valence-corrected chi connectivity index (χ2v) is 7.45. The summed E-state index contributed by atoms with van der Waals surface area (Å²) in [5.41, 5.74) is 2.03. The van der Waals surface area contributed by atoms with Gasteiger partial charge in [0.1, 0.15) is 11.7 Å². The van der Waals surface area contributed by atoms with Crippen molar-refractivity contribution in [3.63, 3.8) is 0 Å². The highest BCUT2D eigenvalue weighted by Crippen LogP contribution is 2.33. The number of carbonyl (C=O) groups excluding carboxylic acids is 1. The molecule has 0 bridgehead atoms. The Morgan fingerprint density at radius 1 is 1.40 bits per heavy atom. The molecule has 2 atom stereocenters. The smallest absolute Gasteiger partial charge is 0.254 e. The summed E-state index contributed by atoms with van der Waals surface area (Å²) in [7, 11) is 3.84. The van der Waals surface area contributed by atoms with Gasteiger partial charge in [0.15, 0.2) is 0 Å². The maximum atomic E-state index is 13.2. The van der Waals surface area contributed by atoms with Gasteiger partial charge in [0, 0.05) is 40.6 Å². The SMILES string of the molecule is CN[C@H]1CCCC[C@H]1N(C)C(=O)c1cc2oc(C#N)cc2c(Br)c1C. The van der Waals surface area contributed by atoms with Crippen molar-refractivity contribution in [1.29, 1.82) is 5.26 Å². The molecule has 1 aromatic heterocycles. The van der Waals surface area contributed by atoms with Gasteiger partial charge in [-0.25, -0.2) is 0 Å². The lowest BCUT2D eigenvalue weighted by atomic mass is 9.89. The molecule has 0 spiro atoms. The zero-order chi connectivity index (χ0) is 18.1. The van der Waals surface area contributed by atoms with Gasteiger partial charge in [0.25, 0.3) is 5.91 Å². The van der Waals surface area contributed by atoms with Crippen LogP contribution in [-0.4, -0.2) is 37.0 Å². The molecule has 3 rings (SSSR count). The molecule has 0 radical (unpaired) electrons. The van der Waals surface area contributed by atoms with Gasteiger partial charge in [0.2, 0.25) is 5.76 Å². The maximum Gasteiger partial charge on any atom is 0.254 e. The van der Waals surface area contributed by atoms with E-state index in [2.05, 4.69) is 21.2 Å². The van der Waals surface area contributed by atoms with Crippen molar-refractivity contribution in [2.75, 3.05) is 14.1 Å². The summed E-state index contributed by atoms with van der Waals surface area (Å²) in [6.07, 6.45) is 4.44. The molecule has 0 saturated heterocycles. The largest absolute Gasteiger partial charge is 0.446 e. The molecule has 2 aromatic rings. The van der Waals surface area contributed by atoms with Crippen LogP contribution in [0.1, 0.15) is 47.4 Å². The van der Waals surface area contributed by atoms with E-state index in [9.17, 15) is 4.79 Å². The molecular weight excluding hydrogens is 382 g/mol. The first-order valence-electron chi connectivity index (χ1n) is 8.55. The number of amides is 1. The number of carbonyl (C=O) groups is 1. The first kappa shape index (κ1) is 18.0. The molecule has 25 heavy (non-hydrogen) atoms. The summed E-state index contributed by atoms with van der Waals surface area (Å²) in [6.45, 7) is 1.92. The number of rotatable bonds is 3. The number of nitriles is 1. The number of fused-ring (bicyclic) bond motifs is 1. The van der Waals surface area contributed by atoms with E-state index in [-0.39, 0.29) is 17.7 Å². The van der Waals surface area contributed by atoms with E-state index < -0.39 is 0 Å². The molecule has 1 aliphatic rings. The van der Waals surface area contributed by atoms with E-state index in [0.717, 1.165) is 34.7 Å². The van der Waals surface area contributed by atoms with Gasteiger partial charge >= 0.3 is 0 Å². The van der Waals surface area contributed by atoms with E-state index in [0.29, 0.717) is 17.2 Å². The third-order valence-corrected chi connectivity index (χ3v) is 6.29. The van der Waals surface area contributed by atoms with Crippen molar-refractivity contribution >= 4 is 32.8 Å². The molecular formula is C19H22BrN3O2. The van der Waals surface area contributed by atoms with E-state index in [1.807, 2.05) is 32.0 Å². The Morgan fingerprint density at radius 3 is 2.80 bits per heavy atom. The molecule has 0 unspecified atom stereocenters. The highest BCUT2D eigenvalue weighted by molar-refractivity contribution is 9.10. The number of hydrogen-bond donors (Lipinski definition) is 1. The fourth-order valence-electron chi connectivity index (χ4n) is 3.77. The molecule has 1 aliphatic carbocycles. The quantitative estimate of drug-likeness (QED) is 0.841. The molecule has 6 heteroatoms. The molecule has 5 nitrogen and oxygen atoms in total. The second kappa shape index (κ2) is 7.19. The summed E-state index contributed by atoms with van der Waals surface area (Å²) < 4.78 is 6.34. The van der Waals surface area contributed by atoms with Crippen LogP contribution in [-0.2, 0) is 0 Å². The van der Waals surface area contributed by atoms with Crippen LogP contribution in [0.25, 0.3) is 11.0 Å². The number of hydrogen-bond acceptors (Lipinski definition) is 4.